The molecule has 3 aromatic rings. The summed E-state index contributed by atoms with van der Waals surface area (Å²) in [6.45, 7) is 3.55. The van der Waals surface area contributed by atoms with E-state index in [1.165, 1.54) is 12.1 Å². The maximum absolute atomic E-state index is 13.3. The number of rotatable bonds is 6. The number of aromatic nitrogens is 6. The molecular formula is C13H14FN7O3S. The Morgan fingerprint density at radius 1 is 1.28 bits per heavy atom. The van der Waals surface area contributed by atoms with Crippen LogP contribution in [0.15, 0.2) is 33.7 Å². The first-order valence-electron chi connectivity index (χ1n) is 7.22. The van der Waals surface area contributed by atoms with Crippen molar-refractivity contribution in [1.29, 1.82) is 0 Å². The molecule has 0 spiro atoms. The Balaban J connectivity index is 1.89. The van der Waals surface area contributed by atoms with Crippen molar-refractivity contribution in [1.82, 2.24) is 35.5 Å². The van der Waals surface area contributed by atoms with Gasteiger partial charge in [-0.05, 0) is 29.3 Å². The monoisotopic (exact) mass is 367 g/mol. The van der Waals surface area contributed by atoms with E-state index in [1.54, 1.807) is 13.8 Å². The predicted molar refractivity (Wildman–Crippen MR) is 81.8 cm³/mol. The van der Waals surface area contributed by atoms with Crippen LogP contribution in [0, 0.1) is 11.7 Å². The van der Waals surface area contributed by atoms with Gasteiger partial charge in [0, 0.05) is 0 Å². The lowest BCUT2D eigenvalue weighted by Gasteiger charge is -2.18. The molecule has 2 heterocycles. The van der Waals surface area contributed by atoms with Gasteiger partial charge in [0.1, 0.15) is 11.9 Å². The zero-order valence-electron chi connectivity index (χ0n) is 13.2. The van der Waals surface area contributed by atoms with Crippen molar-refractivity contribution < 1.29 is 17.3 Å². The summed E-state index contributed by atoms with van der Waals surface area (Å²) in [6.07, 6.45) is 0. The molecule has 1 aromatic carbocycles. The topological polar surface area (TPSA) is 140 Å². The fourth-order valence-electron chi connectivity index (χ4n) is 2.05. The van der Waals surface area contributed by atoms with Crippen molar-refractivity contribution in [2.75, 3.05) is 0 Å². The third-order valence-electron chi connectivity index (χ3n) is 3.31. The molecule has 0 fully saturated rings. The van der Waals surface area contributed by atoms with Crippen LogP contribution in [0.2, 0.25) is 0 Å². The number of benzene rings is 1. The zero-order valence-corrected chi connectivity index (χ0v) is 14.0. The number of tetrazole rings is 1. The second-order valence-electron chi connectivity index (χ2n) is 5.49. The van der Waals surface area contributed by atoms with E-state index in [1.807, 2.05) is 0 Å². The SMILES string of the molecule is CC(C)C(NS(=O)(=O)c1cccc(F)c1)c1nc(-c2nn[nH]n2)no1. The minimum atomic E-state index is -3.99. The van der Waals surface area contributed by atoms with Crippen LogP contribution >= 0.6 is 0 Å². The van der Waals surface area contributed by atoms with E-state index in [0.717, 1.165) is 12.1 Å². The Hall–Kier alpha value is -2.73. The highest BCUT2D eigenvalue weighted by molar-refractivity contribution is 7.89. The molecule has 3 rings (SSSR count). The molecule has 2 aromatic heterocycles. The Kier molecular flexibility index (Phi) is 4.55. The minimum Gasteiger partial charge on any atom is -0.337 e. The van der Waals surface area contributed by atoms with E-state index >= 15 is 0 Å². The summed E-state index contributed by atoms with van der Waals surface area (Å²) in [7, 11) is -3.99. The van der Waals surface area contributed by atoms with Gasteiger partial charge in [-0.1, -0.05) is 25.1 Å². The summed E-state index contributed by atoms with van der Waals surface area (Å²) in [5, 5.41) is 16.8. The lowest BCUT2D eigenvalue weighted by Crippen LogP contribution is -2.32. The number of nitrogens with one attached hydrogen (secondary N) is 2. The van der Waals surface area contributed by atoms with Crippen LogP contribution in [0.5, 0.6) is 0 Å². The van der Waals surface area contributed by atoms with Gasteiger partial charge in [-0.2, -0.15) is 14.9 Å². The standard InChI is InChI=1S/C13H14FN7O3S/c1-7(2)10(13-15-11(18-24-13)12-16-20-21-17-12)19-25(22,23)9-5-3-4-8(14)6-9/h3-7,10,19H,1-2H3,(H,16,17,20,21). The molecule has 0 aliphatic rings. The van der Waals surface area contributed by atoms with Crippen LogP contribution in [0.3, 0.4) is 0 Å². The molecule has 2 N–H and O–H groups in total. The van der Waals surface area contributed by atoms with Crippen LogP contribution in [-0.4, -0.2) is 39.2 Å². The summed E-state index contributed by atoms with van der Waals surface area (Å²) >= 11 is 0. The molecule has 0 saturated carbocycles. The fourth-order valence-corrected chi connectivity index (χ4v) is 3.42. The van der Waals surface area contributed by atoms with Crippen molar-refractivity contribution in [3.8, 4) is 11.6 Å². The molecular weight excluding hydrogens is 353 g/mol. The van der Waals surface area contributed by atoms with Crippen molar-refractivity contribution in [3.63, 3.8) is 0 Å². The normalized spacial score (nSPS) is 13.3. The van der Waals surface area contributed by atoms with E-state index in [-0.39, 0.29) is 28.4 Å². The first-order valence-corrected chi connectivity index (χ1v) is 8.70. The fraction of sp³-hybridized carbons (Fsp3) is 0.308. The second kappa shape index (κ2) is 6.64. The summed E-state index contributed by atoms with van der Waals surface area (Å²) in [6, 6.07) is 3.88. The molecule has 0 aliphatic heterocycles. The molecule has 132 valence electrons. The molecule has 12 heteroatoms. The molecule has 1 atom stereocenters. The highest BCUT2D eigenvalue weighted by Gasteiger charge is 2.29. The van der Waals surface area contributed by atoms with Gasteiger partial charge < -0.3 is 4.52 Å². The Morgan fingerprint density at radius 3 is 2.72 bits per heavy atom. The number of halogens is 1. The van der Waals surface area contributed by atoms with Gasteiger partial charge in [0.15, 0.2) is 0 Å². The van der Waals surface area contributed by atoms with E-state index in [9.17, 15) is 12.8 Å². The van der Waals surface area contributed by atoms with Gasteiger partial charge in [-0.15, -0.1) is 10.2 Å². The second-order valence-corrected chi connectivity index (χ2v) is 7.21. The van der Waals surface area contributed by atoms with E-state index in [4.69, 9.17) is 4.52 Å². The Morgan fingerprint density at radius 2 is 2.08 bits per heavy atom. The van der Waals surface area contributed by atoms with Crippen molar-refractivity contribution in [2.24, 2.45) is 5.92 Å². The molecule has 25 heavy (non-hydrogen) atoms. The molecule has 0 amide bonds. The average molecular weight is 367 g/mol. The first kappa shape index (κ1) is 17.1. The van der Waals surface area contributed by atoms with Crippen molar-refractivity contribution in [3.05, 3.63) is 36.0 Å². The van der Waals surface area contributed by atoms with Gasteiger partial charge in [0.2, 0.25) is 27.6 Å². The number of hydrogen-bond acceptors (Lipinski definition) is 8. The Bertz CT molecular complexity index is 956. The van der Waals surface area contributed by atoms with Crippen LogP contribution in [0.4, 0.5) is 4.39 Å². The number of nitrogens with zero attached hydrogens (tertiary/aromatic N) is 5. The number of aromatic amines is 1. The molecule has 1 unspecified atom stereocenters. The maximum Gasteiger partial charge on any atom is 0.245 e. The molecule has 0 aliphatic carbocycles. The van der Waals surface area contributed by atoms with Gasteiger partial charge in [-0.25, -0.2) is 12.8 Å². The summed E-state index contributed by atoms with van der Waals surface area (Å²) in [5.74, 6) is -0.650. The zero-order chi connectivity index (χ0) is 18.0. The predicted octanol–water partition coefficient (Wildman–Crippen LogP) is 1.06. The van der Waals surface area contributed by atoms with Crippen LogP contribution in [0.25, 0.3) is 11.6 Å². The number of sulfonamides is 1. The highest BCUT2D eigenvalue weighted by atomic mass is 32.2. The van der Waals surface area contributed by atoms with E-state index in [0.29, 0.717) is 0 Å². The molecule has 0 radical (unpaired) electrons. The van der Waals surface area contributed by atoms with Crippen molar-refractivity contribution in [2.45, 2.75) is 24.8 Å². The molecule has 10 nitrogen and oxygen atoms in total. The smallest absolute Gasteiger partial charge is 0.245 e. The molecule has 0 saturated heterocycles. The quantitative estimate of drug-likeness (QED) is 0.659. The maximum atomic E-state index is 13.3. The average Bonchev–Trinajstić information content (AvgIpc) is 3.23. The highest BCUT2D eigenvalue weighted by Crippen LogP contribution is 2.24. The van der Waals surface area contributed by atoms with Gasteiger partial charge >= 0.3 is 0 Å². The van der Waals surface area contributed by atoms with Crippen LogP contribution < -0.4 is 4.72 Å². The lowest BCUT2D eigenvalue weighted by atomic mass is 10.1. The van der Waals surface area contributed by atoms with Gasteiger partial charge in [0.05, 0.1) is 4.90 Å². The third-order valence-corrected chi connectivity index (χ3v) is 4.75. The van der Waals surface area contributed by atoms with Crippen LogP contribution in [0.1, 0.15) is 25.8 Å². The largest absolute Gasteiger partial charge is 0.337 e. The van der Waals surface area contributed by atoms with E-state index in [2.05, 4.69) is 35.5 Å². The van der Waals surface area contributed by atoms with Gasteiger partial charge in [-0.3, -0.25) is 0 Å². The third kappa shape index (κ3) is 3.69. The van der Waals surface area contributed by atoms with Gasteiger partial charge in [0.25, 0.3) is 0 Å². The van der Waals surface area contributed by atoms with Crippen molar-refractivity contribution >= 4 is 10.0 Å². The molecule has 0 bridgehead atoms. The van der Waals surface area contributed by atoms with E-state index < -0.39 is 21.9 Å². The number of H-pyrrole nitrogens is 1. The lowest BCUT2D eigenvalue weighted by molar-refractivity contribution is 0.311. The summed E-state index contributed by atoms with van der Waals surface area (Å²) < 4.78 is 45.9. The summed E-state index contributed by atoms with van der Waals surface area (Å²) in [5.41, 5.74) is 0. The number of hydrogen-bond donors (Lipinski definition) is 2. The van der Waals surface area contributed by atoms with Crippen LogP contribution in [-0.2, 0) is 10.0 Å². The summed E-state index contributed by atoms with van der Waals surface area (Å²) in [4.78, 5) is 3.91. The Labute approximate surface area is 141 Å². The first-order chi connectivity index (χ1) is 11.9. The minimum absolute atomic E-state index is 0.0368.